The summed E-state index contributed by atoms with van der Waals surface area (Å²) in [6.45, 7) is 9.65. The van der Waals surface area contributed by atoms with Gasteiger partial charge in [0.05, 0.1) is 16.4 Å². The van der Waals surface area contributed by atoms with E-state index in [2.05, 4.69) is 69.3 Å². The van der Waals surface area contributed by atoms with Crippen molar-refractivity contribution in [1.82, 2.24) is 9.78 Å². The molecule has 0 aliphatic heterocycles. The van der Waals surface area contributed by atoms with E-state index < -0.39 is 0 Å². The van der Waals surface area contributed by atoms with E-state index in [1.807, 2.05) is 0 Å². The van der Waals surface area contributed by atoms with E-state index in [0.717, 1.165) is 47.2 Å². The van der Waals surface area contributed by atoms with E-state index in [0.29, 0.717) is 5.92 Å². The highest BCUT2D eigenvalue weighted by Crippen LogP contribution is 2.37. The second-order valence-corrected chi connectivity index (χ2v) is 7.42. The van der Waals surface area contributed by atoms with E-state index in [1.165, 1.54) is 5.69 Å². The normalized spacial score (nSPS) is 12.4. The van der Waals surface area contributed by atoms with Crippen molar-refractivity contribution in [3.63, 3.8) is 0 Å². The Bertz CT molecular complexity index is 426. The Morgan fingerprint density at radius 2 is 1.85 bits per heavy atom. The summed E-state index contributed by atoms with van der Waals surface area (Å²) in [5, 5.41) is 7.43. The number of halogens is 3. The molecule has 0 fully saturated rings. The van der Waals surface area contributed by atoms with Crippen LogP contribution in [0, 0.1) is 11.3 Å². The number of rotatable bonds is 8. The second kappa shape index (κ2) is 8.19. The topological polar surface area (TPSA) is 17.8 Å². The molecule has 1 aromatic heterocycles. The Kier molecular flexibility index (Phi) is 7.58. The number of nitrogens with zero attached hydrogens (tertiary/aromatic N) is 2. The minimum Gasteiger partial charge on any atom is -0.268 e. The van der Waals surface area contributed by atoms with E-state index >= 15 is 0 Å². The molecule has 0 atom stereocenters. The Balaban J connectivity index is 3.13. The predicted octanol–water partition coefficient (Wildman–Crippen LogP) is 5.48. The molecule has 5 heteroatoms. The third-order valence-corrected chi connectivity index (χ3v) is 6.46. The number of aryl methyl sites for hydroxylation is 2. The quantitative estimate of drug-likeness (QED) is 0.501. The fourth-order valence-electron chi connectivity index (χ4n) is 2.72. The number of aromatic nitrogens is 2. The number of hydrogen-bond acceptors (Lipinski definition) is 1. The summed E-state index contributed by atoms with van der Waals surface area (Å²) in [6.07, 6.45) is 3.01. The maximum Gasteiger partial charge on any atom is 0.0850 e. The molecule has 0 unspecified atom stereocenters. The fourth-order valence-corrected chi connectivity index (χ4v) is 4.84. The molecule has 2 nitrogen and oxygen atoms in total. The molecule has 0 aromatic carbocycles. The van der Waals surface area contributed by atoms with Crippen molar-refractivity contribution in [2.24, 2.45) is 11.3 Å². The monoisotopic (exact) mass is 426 g/mol. The Morgan fingerprint density at radius 1 is 1.25 bits per heavy atom. The van der Waals surface area contributed by atoms with Crippen molar-refractivity contribution >= 4 is 43.5 Å². The molecule has 1 aromatic rings. The highest BCUT2D eigenvalue weighted by atomic mass is 79.9. The molecule has 1 rings (SSSR count). The lowest BCUT2D eigenvalue weighted by Gasteiger charge is -2.32. The Labute approximate surface area is 144 Å². The smallest absolute Gasteiger partial charge is 0.0850 e. The van der Waals surface area contributed by atoms with Crippen LogP contribution in [0.15, 0.2) is 0 Å². The van der Waals surface area contributed by atoms with Gasteiger partial charge in [0.15, 0.2) is 0 Å². The zero-order valence-corrected chi connectivity index (χ0v) is 16.8. The summed E-state index contributed by atoms with van der Waals surface area (Å²) in [7, 11) is 0. The molecule has 20 heavy (non-hydrogen) atoms. The SMILES string of the molecule is CCc1nn(CC)c(CC(CBr)(CBr)CC(C)C)c1Cl. The molecule has 1 heterocycles. The summed E-state index contributed by atoms with van der Waals surface area (Å²) >= 11 is 14.0. The number of alkyl halides is 2. The van der Waals surface area contributed by atoms with Gasteiger partial charge in [-0.25, -0.2) is 0 Å². The van der Waals surface area contributed by atoms with Crippen molar-refractivity contribution in [2.75, 3.05) is 10.7 Å². The highest BCUT2D eigenvalue weighted by Gasteiger charge is 2.32. The standard InChI is InChI=1S/C15H25Br2ClN2/c1-5-12-14(18)13(20(6-2)19-12)8-15(9-16,10-17)7-11(3)4/h11H,5-10H2,1-4H3. The zero-order valence-electron chi connectivity index (χ0n) is 12.8. The molecule has 0 amide bonds. The zero-order chi connectivity index (χ0) is 15.3. The minimum absolute atomic E-state index is 0.190. The van der Waals surface area contributed by atoms with Gasteiger partial charge in [0.25, 0.3) is 0 Å². The first-order valence-corrected chi connectivity index (χ1v) is 9.91. The van der Waals surface area contributed by atoms with Crippen molar-refractivity contribution in [3.8, 4) is 0 Å². The molecule has 0 aliphatic carbocycles. The van der Waals surface area contributed by atoms with Crippen LogP contribution in [-0.2, 0) is 19.4 Å². The molecular formula is C15H25Br2ClN2. The third kappa shape index (κ3) is 4.23. The molecule has 0 saturated carbocycles. The van der Waals surface area contributed by atoms with E-state index in [4.69, 9.17) is 11.6 Å². The van der Waals surface area contributed by atoms with Gasteiger partial charge in [0.2, 0.25) is 0 Å². The molecule has 0 spiro atoms. The van der Waals surface area contributed by atoms with Crippen LogP contribution in [0.1, 0.15) is 45.5 Å². The maximum atomic E-state index is 6.55. The summed E-state index contributed by atoms with van der Waals surface area (Å²) < 4.78 is 2.07. The summed E-state index contributed by atoms with van der Waals surface area (Å²) in [6, 6.07) is 0. The summed E-state index contributed by atoms with van der Waals surface area (Å²) in [5.74, 6) is 0.660. The molecular weight excluding hydrogens is 403 g/mol. The van der Waals surface area contributed by atoms with Gasteiger partial charge in [0.1, 0.15) is 0 Å². The Hall–Kier alpha value is 0.460. The van der Waals surface area contributed by atoms with Gasteiger partial charge in [-0.1, -0.05) is 64.2 Å². The first-order valence-electron chi connectivity index (χ1n) is 7.29. The minimum atomic E-state index is 0.190. The maximum absolute atomic E-state index is 6.55. The van der Waals surface area contributed by atoms with Crippen LogP contribution in [0.2, 0.25) is 5.02 Å². The van der Waals surface area contributed by atoms with E-state index in [1.54, 1.807) is 0 Å². The van der Waals surface area contributed by atoms with Crippen molar-refractivity contribution in [2.45, 2.75) is 53.5 Å². The Morgan fingerprint density at radius 3 is 2.25 bits per heavy atom. The molecule has 116 valence electrons. The van der Waals surface area contributed by atoms with E-state index in [9.17, 15) is 0 Å². The van der Waals surface area contributed by atoms with Crippen molar-refractivity contribution in [3.05, 3.63) is 16.4 Å². The number of hydrogen-bond donors (Lipinski definition) is 0. The van der Waals surface area contributed by atoms with Crippen LogP contribution in [0.4, 0.5) is 0 Å². The average molecular weight is 429 g/mol. The lowest BCUT2D eigenvalue weighted by Crippen LogP contribution is -2.30. The van der Waals surface area contributed by atoms with Crippen molar-refractivity contribution < 1.29 is 0 Å². The van der Waals surface area contributed by atoms with Crippen LogP contribution in [-0.4, -0.2) is 20.4 Å². The lowest BCUT2D eigenvalue weighted by atomic mass is 9.80. The summed E-state index contributed by atoms with van der Waals surface area (Å²) in [5.41, 5.74) is 2.40. The predicted molar refractivity (Wildman–Crippen MR) is 95.5 cm³/mol. The average Bonchev–Trinajstić information content (AvgIpc) is 2.73. The van der Waals surface area contributed by atoms with Crippen LogP contribution >= 0.6 is 43.5 Å². The lowest BCUT2D eigenvalue weighted by molar-refractivity contribution is 0.297. The van der Waals surface area contributed by atoms with Crippen molar-refractivity contribution in [1.29, 1.82) is 0 Å². The van der Waals surface area contributed by atoms with Gasteiger partial charge in [-0.05, 0) is 37.5 Å². The first-order chi connectivity index (χ1) is 9.42. The van der Waals surface area contributed by atoms with Crippen LogP contribution < -0.4 is 0 Å². The van der Waals surface area contributed by atoms with Gasteiger partial charge < -0.3 is 0 Å². The van der Waals surface area contributed by atoms with Crippen LogP contribution in [0.3, 0.4) is 0 Å². The first kappa shape index (κ1) is 18.5. The van der Waals surface area contributed by atoms with Crippen LogP contribution in [0.5, 0.6) is 0 Å². The van der Waals surface area contributed by atoms with E-state index in [-0.39, 0.29) is 5.41 Å². The van der Waals surface area contributed by atoms with Crippen LogP contribution in [0.25, 0.3) is 0 Å². The van der Waals surface area contributed by atoms with Gasteiger partial charge in [-0.2, -0.15) is 5.10 Å². The second-order valence-electron chi connectivity index (χ2n) is 5.92. The highest BCUT2D eigenvalue weighted by molar-refractivity contribution is 9.09. The summed E-state index contributed by atoms with van der Waals surface area (Å²) in [4.78, 5) is 0. The molecule has 0 aliphatic rings. The van der Waals surface area contributed by atoms with Gasteiger partial charge >= 0.3 is 0 Å². The molecule has 0 bridgehead atoms. The molecule has 0 radical (unpaired) electrons. The molecule has 0 saturated heterocycles. The van der Waals surface area contributed by atoms with Gasteiger partial charge in [-0.15, -0.1) is 0 Å². The van der Waals surface area contributed by atoms with Gasteiger partial charge in [-0.3, -0.25) is 4.68 Å². The third-order valence-electron chi connectivity index (χ3n) is 3.64. The molecule has 0 N–H and O–H groups in total. The largest absolute Gasteiger partial charge is 0.268 e. The van der Waals surface area contributed by atoms with Gasteiger partial charge in [0, 0.05) is 17.2 Å². The fraction of sp³-hybridized carbons (Fsp3) is 0.800.